The summed E-state index contributed by atoms with van der Waals surface area (Å²) >= 11 is 9.39. The maximum absolute atomic E-state index is 12.5. The zero-order valence-corrected chi connectivity index (χ0v) is 15.4. The largest absolute Gasteiger partial charge is 0.550 e. The molecule has 24 heavy (non-hydrogen) atoms. The Kier molecular flexibility index (Phi) is 6.40. The van der Waals surface area contributed by atoms with Crippen molar-refractivity contribution in [3.8, 4) is 0 Å². The summed E-state index contributed by atoms with van der Waals surface area (Å²) in [5, 5.41) is 14.3. The van der Waals surface area contributed by atoms with E-state index in [9.17, 15) is 14.7 Å². The summed E-state index contributed by atoms with van der Waals surface area (Å²) in [4.78, 5) is 23.5. The molecule has 1 N–H and O–H groups in total. The first-order chi connectivity index (χ1) is 11.4. The van der Waals surface area contributed by atoms with E-state index in [0.29, 0.717) is 17.1 Å². The number of carboxylic acid groups (broad SMARTS) is 1. The van der Waals surface area contributed by atoms with Crippen LogP contribution in [0.4, 0.5) is 5.69 Å². The molecule has 0 radical (unpaired) electrons. The van der Waals surface area contributed by atoms with Crippen LogP contribution in [-0.4, -0.2) is 11.9 Å². The highest BCUT2D eigenvalue weighted by Crippen LogP contribution is 2.24. The minimum atomic E-state index is -1.25. The maximum Gasteiger partial charge on any atom is 0.228 e. The average Bonchev–Trinajstić information content (AvgIpc) is 2.53. The molecule has 0 bridgehead atoms. The van der Waals surface area contributed by atoms with Crippen molar-refractivity contribution in [3.05, 3.63) is 63.1 Å². The van der Waals surface area contributed by atoms with Gasteiger partial charge in [-0.3, -0.25) is 4.79 Å². The van der Waals surface area contributed by atoms with E-state index in [4.69, 9.17) is 11.6 Å². The quantitative estimate of drug-likeness (QED) is 0.795. The number of nitrogens with one attached hydrogen (secondary N) is 1. The number of rotatable bonds is 6. The second-order valence-corrected chi connectivity index (χ2v) is 6.83. The van der Waals surface area contributed by atoms with E-state index in [-0.39, 0.29) is 12.3 Å². The molecule has 2 aromatic carbocycles. The highest BCUT2D eigenvalue weighted by atomic mass is 79.9. The lowest BCUT2D eigenvalue weighted by Gasteiger charge is -2.18. The van der Waals surface area contributed by atoms with E-state index >= 15 is 0 Å². The van der Waals surface area contributed by atoms with Crippen LogP contribution in [0.5, 0.6) is 0 Å². The third-order valence-electron chi connectivity index (χ3n) is 3.70. The number of aliphatic carboxylic acids is 1. The Bertz CT molecular complexity index is 746. The maximum atomic E-state index is 12.5. The van der Waals surface area contributed by atoms with Crippen molar-refractivity contribution in [2.45, 2.75) is 19.8 Å². The molecule has 2 aromatic rings. The monoisotopic (exact) mass is 408 g/mol. The van der Waals surface area contributed by atoms with Gasteiger partial charge in [0.05, 0.1) is 0 Å². The fourth-order valence-electron chi connectivity index (χ4n) is 2.34. The van der Waals surface area contributed by atoms with Gasteiger partial charge in [-0.05, 0) is 55.2 Å². The first-order valence-corrected chi connectivity index (χ1v) is 8.54. The van der Waals surface area contributed by atoms with Crippen molar-refractivity contribution in [2.24, 2.45) is 5.92 Å². The number of carbonyl (C=O) groups is 2. The van der Waals surface area contributed by atoms with Crippen LogP contribution in [0.1, 0.15) is 17.5 Å². The summed E-state index contributed by atoms with van der Waals surface area (Å²) in [7, 11) is 0. The number of hydrogen-bond acceptors (Lipinski definition) is 3. The van der Waals surface area contributed by atoms with Gasteiger partial charge >= 0.3 is 0 Å². The van der Waals surface area contributed by atoms with Crippen LogP contribution in [0.15, 0.2) is 46.9 Å². The van der Waals surface area contributed by atoms with Crippen molar-refractivity contribution in [1.29, 1.82) is 0 Å². The molecule has 0 spiro atoms. The van der Waals surface area contributed by atoms with Crippen molar-refractivity contribution in [2.75, 3.05) is 5.32 Å². The average molecular weight is 410 g/mol. The van der Waals surface area contributed by atoms with Gasteiger partial charge < -0.3 is 15.2 Å². The second-order valence-electron chi connectivity index (χ2n) is 5.51. The molecular formula is C18H16BrClNO3-. The molecule has 0 unspecified atom stereocenters. The van der Waals surface area contributed by atoms with Crippen LogP contribution in [0.2, 0.25) is 5.02 Å². The van der Waals surface area contributed by atoms with E-state index in [2.05, 4.69) is 21.2 Å². The summed E-state index contributed by atoms with van der Waals surface area (Å²) in [6.45, 7) is 1.79. The third kappa shape index (κ3) is 5.08. The third-order valence-corrected chi connectivity index (χ3v) is 4.64. The number of carboxylic acids is 1. The van der Waals surface area contributed by atoms with Gasteiger partial charge in [0, 0.05) is 27.1 Å². The van der Waals surface area contributed by atoms with E-state index in [1.165, 1.54) is 0 Å². The number of amides is 1. The minimum Gasteiger partial charge on any atom is -0.550 e. The van der Waals surface area contributed by atoms with Crippen LogP contribution >= 0.6 is 27.5 Å². The number of anilines is 1. The number of hydrogen-bond donors (Lipinski definition) is 1. The molecule has 0 saturated heterocycles. The standard InChI is InChI=1S/C18H17BrClNO3/c1-11-15(20)3-2-4-16(11)21-18(24)13(10-17(22)23)9-12-5-7-14(19)8-6-12/h2-8,13H,9-10H2,1H3,(H,21,24)(H,22,23)/p-1/t13-/m0/s1. The van der Waals surface area contributed by atoms with Gasteiger partial charge in [-0.15, -0.1) is 0 Å². The molecule has 126 valence electrons. The molecule has 6 heteroatoms. The summed E-state index contributed by atoms with van der Waals surface area (Å²) in [5.41, 5.74) is 2.19. The Balaban J connectivity index is 2.17. The molecule has 0 aromatic heterocycles. The van der Waals surface area contributed by atoms with Gasteiger partial charge in [0.15, 0.2) is 0 Å². The topological polar surface area (TPSA) is 69.2 Å². The van der Waals surface area contributed by atoms with Crippen molar-refractivity contribution < 1.29 is 14.7 Å². The van der Waals surface area contributed by atoms with E-state index in [0.717, 1.165) is 15.6 Å². The van der Waals surface area contributed by atoms with Crippen LogP contribution in [0, 0.1) is 12.8 Å². The molecule has 1 amide bonds. The Hall–Kier alpha value is -1.85. The van der Waals surface area contributed by atoms with Gasteiger partial charge in [-0.1, -0.05) is 45.7 Å². The van der Waals surface area contributed by atoms with Gasteiger partial charge in [-0.25, -0.2) is 0 Å². The predicted molar refractivity (Wildman–Crippen MR) is 95.8 cm³/mol. The van der Waals surface area contributed by atoms with E-state index in [1.54, 1.807) is 25.1 Å². The van der Waals surface area contributed by atoms with E-state index in [1.807, 2.05) is 24.3 Å². The first-order valence-electron chi connectivity index (χ1n) is 7.37. The Morgan fingerprint density at radius 3 is 2.50 bits per heavy atom. The Labute approximate surface area is 154 Å². The van der Waals surface area contributed by atoms with Crippen LogP contribution in [-0.2, 0) is 16.0 Å². The van der Waals surface area contributed by atoms with Crippen molar-refractivity contribution in [1.82, 2.24) is 0 Å². The van der Waals surface area contributed by atoms with Gasteiger partial charge in [0.1, 0.15) is 0 Å². The van der Waals surface area contributed by atoms with Crippen LogP contribution in [0.25, 0.3) is 0 Å². The summed E-state index contributed by atoms with van der Waals surface area (Å²) < 4.78 is 0.918. The lowest BCUT2D eigenvalue weighted by atomic mass is 9.95. The van der Waals surface area contributed by atoms with Crippen molar-refractivity contribution >= 4 is 45.1 Å². The fraction of sp³-hybridized carbons (Fsp3) is 0.222. The normalized spacial score (nSPS) is 11.8. The van der Waals surface area contributed by atoms with Gasteiger partial charge in [0.25, 0.3) is 0 Å². The smallest absolute Gasteiger partial charge is 0.228 e. The predicted octanol–water partition coefficient (Wildman–Crippen LogP) is 3.35. The van der Waals surface area contributed by atoms with Crippen LogP contribution < -0.4 is 10.4 Å². The number of halogens is 2. The molecule has 0 fully saturated rings. The zero-order valence-electron chi connectivity index (χ0n) is 13.0. The second kappa shape index (κ2) is 8.31. The first kappa shape index (κ1) is 18.5. The molecule has 2 rings (SSSR count). The summed E-state index contributed by atoms with van der Waals surface area (Å²) in [6.07, 6.45) is -0.0335. The van der Waals surface area contributed by atoms with Crippen molar-refractivity contribution in [3.63, 3.8) is 0 Å². The molecule has 0 aliphatic rings. The lowest BCUT2D eigenvalue weighted by molar-refractivity contribution is -0.306. The summed E-state index contributed by atoms with van der Waals surface area (Å²) in [6, 6.07) is 12.6. The highest BCUT2D eigenvalue weighted by molar-refractivity contribution is 9.10. The Morgan fingerprint density at radius 2 is 1.88 bits per heavy atom. The SMILES string of the molecule is Cc1c(Cl)cccc1NC(=O)[C@H](CC(=O)[O-])Cc1ccc(Br)cc1. The molecule has 4 nitrogen and oxygen atoms in total. The van der Waals surface area contributed by atoms with Gasteiger partial charge in [0.2, 0.25) is 5.91 Å². The Morgan fingerprint density at radius 1 is 1.21 bits per heavy atom. The number of carbonyl (C=O) groups excluding carboxylic acids is 2. The molecular weight excluding hydrogens is 394 g/mol. The number of benzene rings is 2. The van der Waals surface area contributed by atoms with Gasteiger partial charge in [-0.2, -0.15) is 0 Å². The molecule has 1 atom stereocenters. The fourth-order valence-corrected chi connectivity index (χ4v) is 2.78. The minimum absolute atomic E-state index is 0.312. The summed E-state index contributed by atoms with van der Waals surface area (Å²) in [5.74, 6) is -2.35. The molecule has 0 aliphatic heterocycles. The highest BCUT2D eigenvalue weighted by Gasteiger charge is 2.20. The molecule has 0 heterocycles. The lowest BCUT2D eigenvalue weighted by Crippen LogP contribution is -2.32. The zero-order chi connectivity index (χ0) is 17.7. The van der Waals surface area contributed by atoms with E-state index < -0.39 is 11.9 Å². The molecule has 0 aliphatic carbocycles. The molecule has 0 saturated carbocycles. The van der Waals surface area contributed by atoms with Crippen LogP contribution in [0.3, 0.4) is 0 Å².